The smallest absolute Gasteiger partial charge is 0.139 e. The van der Waals surface area contributed by atoms with Gasteiger partial charge in [0.1, 0.15) is 17.4 Å². The summed E-state index contributed by atoms with van der Waals surface area (Å²) < 4.78 is 11.5. The highest BCUT2D eigenvalue weighted by Gasteiger charge is 2.25. The number of hydrogen-bond acceptors (Lipinski definition) is 3. The molecule has 18 heavy (non-hydrogen) atoms. The summed E-state index contributed by atoms with van der Waals surface area (Å²) >= 11 is 12.0. The van der Waals surface area contributed by atoms with Crippen molar-refractivity contribution in [3.63, 3.8) is 0 Å². The first kappa shape index (κ1) is 13.9. The minimum atomic E-state index is 0.137. The van der Waals surface area contributed by atoms with Crippen LogP contribution in [0.2, 0.25) is 10.0 Å². The van der Waals surface area contributed by atoms with E-state index in [2.05, 4.69) is 5.32 Å². The van der Waals surface area contributed by atoms with Crippen molar-refractivity contribution in [2.75, 3.05) is 20.2 Å². The van der Waals surface area contributed by atoms with Gasteiger partial charge in [0.2, 0.25) is 0 Å². The van der Waals surface area contributed by atoms with Gasteiger partial charge in [-0.25, -0.2) is 0 Å². The normalized spacial score (nSPS) is 23.3. The van der Waals surface area contributed by atoms with Crippen LogP contribution in [0.5, 0.6) is 5.75 Å². The lowest BCUT2D eigenvalue weighted by atomic mass is 10.2. The van der Waals surface area contributed by atoms with Crippen LogP contribution >= 0.6 is 23.2 Å². The highest BCUT2D eigenvalue weighted by molar-refractivity contribution is 6.42. The summed E-state index contributed by atoms with van der Waals surface area (Å²) in [6, 6.07) is 5.38. The Hall–Kier alpha value is -0.480. The molecule has 1 fully saturated rings. The van der Waals surface area contributed by atoms with E-state index < -0.39 is 0 Å². The first-order chi connectivity index (χ1) is 8.70. The molecule has 2 rings (SSSR count). The molecule has 1 N–H and O–H groups in total. The maximum absolute atomic E-state index is 6.05. The Balaban J connectivity index is 1.83. The summed E-state index contributed by atoms with van der Waals surface area (Å²) in [5.41, 5.74) is 0. The Morgan fingerprint density at radius 1 is 1.33 bits per heavy atom. The fourth-order valence-electron chi connectivity index (χ4n) is 2.06. The van der Waals surface area contributed by atoms with E-state index in [9.17, 15) is 0 Å². The van der Waals surface area contributed by atoms with Crippen LogP contribution in [0.3, 0.4) is 0 Å². The monoisotopic (exact) mass is 289 g/mol. The molecule has 1 aromatic rings. The Morgan fingerprint density at radius 2 is 2.11 bits per heavy atom. The van der Waals surface area contributed by atoms with Crippen LogP contribution in [0.15, 0.2) is 18.2 Å². The summed E-state index contributed by atoms with van der Waals surface area (Å²) in [6.07, 6.45) is 2.51. The molecule has 0 amide bonds. The van der Waals surface area contributed by atoms with Gasteiger partial charge in [-0.1, -0.05) is 29.3 Å². The molecule has 0 saturated carbocycles. The third-order valence-corrected chi connectivity index (χ3v) is 3.77. The van der Waals surface area contributed by atoms with E-state index in [4.69, 9.17) is 32.7 Å². The highest BCUT2D eigenvalue weighted by Crippen LogP contribution is 2.32. The van der Waals surface area contributed by atoms with E-state index in [1.807, 2.05) is 19.2 Å². The van der Waals surface area contributed by atoms with E-state index in [1.165, 1.54) is 0 Å². The van der Waals surface area contributed by atoms with E-state index in [0.717, 1.165) is 19.4 Å². The van der Waals surface area contributed by atoms with Gasteiger partial charge in [-0.15, -0.1) is 0 Å². The van der Waals surface area contributed by atoms with Crippen LogP contribution < -0.4 is 10.1 Å². The molecule has 0 bridgehead atoms. The Kier molecular flexibility index (Phi) is 5.13. The third kappa shape index (κ3) is 3.51. The zero-order valence-corrected chi connectivity index (χ0v) is 11.8. The number of likely N-dealkylation sites (N-methyl/N-ethyl adjacent to an activating group) is 1. The second-order valence-electron chi connectivity index (χ2n) is 4.38. The van der Waals surface area contributed by atoms with Crippen molar-refractivity contribution in [2.24, 2.45) is 0 Å². The fourth-order valence-corrected chi connectivity index (χ4v) is 2.41. The zero-order valence-electron chi connectivity index (χ0n) is 10.3. The number of halogens is 2. The Morgan fingerprint density at radius 3 is 2.89 bits per heavy atom. The van der Waals surface area contributed by atoms with Gasteiger partial charge < -0.3 is 14.8 Å². The molecule has 100 valence electrons. The maximum Gasteiger partial charge on any atom is 0.139 e. The van der Waals surface area contributed by atoms with Crippen LogP contribution in [0, 0.1) is 0 Å². The molecule has 1 aromatic carbocycles. The first-order valence-corrected chi connectivity index (χ1v) is 6.83. The lowest BCUT2D eigenvalue weighted by Gasteiger charge is -2.15. The van der Waals surface area contributed by atoms with E-state index in [0.29, 0.717) is 28.5 Å². The van der Waals surface area contributed by atoms with Crippen molar-refractivity contribution in [1.29, 1.82) is 0 Å². The van der Waals surface area contributed by atoms with E-state index >= 15 is 0 Å². The number of rotatable bonds is 5. The molecule has 0 radical (unpaired) electrons. The van der Waals surface area contributed by atoms with Gasteiger partial charge in [-0.3, -0.25) is 0 Å². The molecule has 0 aromatic heterocycles. The average molecular weight is 290 g/mol. The maximum atomic E-state index is 6.05. The summed E-state index contributed by atoms with van der Waals surface area (Å²) in [7, 11) is 1.93. The van der Waals surface area contributed by atoms with Crippen molar-refractivity contribution in [2.45, 2.75) is 25.0 Å². The van der Waals surface area contributed by atoms with Gasteiger partial charge >= 0.3 is 0 Å². The van der Waals surface area contributed by atoms with Crippen LogP contribution in [0.1, 0.15) is 12.8 Å². The fraction of sp³-hybridized carbons (Fsp3) is 0.538. The molecule has 1 aliphatic rings. The van der Waals surface area contributed by atoms with Crippen molar-refractivity contribution in [3.05, 3.63) is 28.2 Å². The molecule has 1 heterocycles. The molecule has 1 saturated heterocycles. The molecule has 2 unspecified atom stereocenters. The van der Waals surface area contributed by atoms with Gasteiger partial charge in [0.25, 0.3) is 0 Å². The van der Waals surface area contributed by atoms with Gasteiger partial charge in [-0.2, -0.15) is 0 Å². The molecular weight excluding hydrogens is 273 g/mol. The van der Waals surface area contributed by atoms with E-state index in [-0.39, 0.29) is 6.10 Å². The SMILES string of the molecule is CNCC1CCC(COc2cccc(Cl)c2Cl)O1. The Bertz CT molecular complexity index is 401. The van der Waals surface area contributed by atoms with Crippen molar-refractivity contribution >= 4 is 23.2 Å². The number of ether oxygens (including phenoxy) is 2. The zero-order chi connectivity index (χ0) is 13.0. The minimum absolute atomic E-state index is 0.137. The highest BCUT2D eigenvalue weighted by atomic mass is 35.5. The van der Waals surface area contributed by atoms with Gasteiger partial charge in [0.15, 0.2) is 0 Å². The second kappa shape index (κ2) is 6.62. The van der Waals surface area contributed by atoms with Crippen molar-refractivity contribution in [1.82, 2.24) is 5.32 Å². The molecule has 0 spiro atoms. The van der Waals surface area contributed by atoms with E-state index in [1.54, 1.807) is 6.07 Å². The summed E-state index contributed by atoms with van der Waals surface area (Å²) in [5, 5.41) is 4.09. The first-order valence-electron chi connectivity index (χ1n) is 6.07. The topological polar surface area (TPSA) is 30.5 Å². The third-order valence-electron chi connectivity index (χ3n) is 2.97. The number of hydrogen-bond donors (Lipinski definition) is 1. The molecule has 0 aliphatic carbocycles. The van der Waals surface area contributed by atoms with Gasteiger partial charge in [0, 0.05) is 6.54 Å². The largest absolute Gasteiger partial charge is 0.489 e. The quantitative estimate of drug-likeness (QED) is 0.903. The summed E-state index contributed by atoms with van der Waals surface area (Å²) in [5.74, 6) is 0.616. The van der Waals surface area contributed by atoms with Crippen LogP contribution in [-0.4, -0.2) is 32.4 Å². The Labute approximate surface area is 117 Å². The van der Waals surface area contributed by atoms with Crippen LogP contribution in [0.4, 0.5) is 0 Å². The summed E-state index contributed by atoms with van der Waals surface area (Å²) in [4.78, 5) is 0. The second-order valence-corrected chi connectivity index (χ2v) is 5.16. The van der Waals surface area contributed by atoms with Crippen molar-refractivity contribution in [3.8, 4) is 5.75 Å². The summed E-state index contributed by atoms with van der Waals surface area (Å²) in [6.45, 7) is 1.40. The molecule has 1 aliphatic heterocycles. The lowest BCUT2D eigenvalue weighted by molar-refractivity contribution is 0.0194. The standard InChI is InChI=1S/C13H17Cl2NO2/c1-16-7-9-5-6-10(18-9)8-17-12-4-2-3-11(14)13(12)15/h2-4,9-10,16H,5-8H2,1H3. The number of benzene rings is 1. The predicted molar refractivity (Wildman–Crippen MR) is 73.8 cm³/mol. The lowest BCUT2D eigenvalue weighted by Crippen LogP contribution is -2.25. The number of nitrogens with one attached hydrogen (secondary N) is 1. The molecular formula is C13H17Cl2NO2. The minimum Gasteiger partial charge on any atom is -0.489 e. The molecule has 3 nitrogen and oxygen atoms in total. The molecule has 5 heteroatoms. The van der Waals surface area contributed by atoms with Crippen LogP contribution in [-0.2, 0) is 4.74 Å². The van der Waals surface area contributed by atoms with Crippen LogP contribution in [0.25, 0.3) is 0 Å². The van der Waals surface area contributed by atoms with Crippen molar-refractivity contribution < 1.29 is 9.47 Å². The average Bonchev–Trinajstić information content (AvgIpc) is 2.79. The van der Waals surface area contributed by atoms with Gasteiger partial charge in [-0.05, 0) is 32.0 Å². The molecule has 2 atom stereocenters. The van der Waals surface area contributed by atoms with Gasteiger partial charge in [0.05, 0.1) is 17.2 Å². The predicted octanol–water partition coefficient (Wildman–Crippen LogP) is 3.14.